The van der Waals surface area contributed by atoms with Gasteiger partial charge < -0.3 is 25.0 Å². The summed E-state index contributed by atoms with van der Waals surface area (Å²) in [4.78, 5) is 6.88. The Kier molecular flexibility index (Phi) is 8.54. The monoisotopic (exact) mass is 362 g/mol. The van der Waals surface area contributed by atoms with Crippen molar-refractivity contribution >= 4 is 11.6 Å². The minimum absolute atomic E-state index is 0.698. The molecule has 0 aliphatic carbocycles. The first-order chi connectivity index (χ1) is 12.7. The first kappa shape index (κ1) is 20.4. The summed E-state index contributed by atoms with van der Waals surface area (Å²) in [5, 5.41) is 6.67. The van der Waals surface area contributed by atoms with E-state index < -0.39 is 0 Å². The maximum atomic E-state index is 5.34. The fourth-order valence-corrected chi connectivity index (χ4v) is 3.18. The van der Waals surface area contributed by atoms with Crippen LogP contribution in [0.25, 0.3) is 0 Å². The average Bonchev–Trinajstić information content (AvgIpc) is 2.68. The zero-order valence-corrected chi connectivity index (χ0v) is 16.7. The number of ether oxygens (including phenoxy) is 2. The van der Waals surface area contributed by atoms with E-state index in [0.29, 0.717) is 11.5 Å². The van der Waals surface area contributed by atoms with Crippen molar-refractivity contribution in [2.24, 2.45) is 10.9 Å². The third-order valence-electron chi connectivity index (χ3n) is 4.94. The number of hydrogen-bond donors (Lipinski definition) is 2. The third-order valence-corrected chi connectivity index (χ3v) is 4.94. The number of likely N-dealkylation sites (tertiary alicyclic amines) is 1. The van der Waals surface area contributed by atoms with Crippen LogP contribution < -0.4 is 20.1 Å². The topological polar surface area (TPSA) is 58.1 Å². The summed E-state index contributed by atoms with van der Waals surface area (Å²) >= 11 is 0. The van der Waals surface area contributed by atoms with Crippen molar-refractivity contribution in [1.82, 2.24) is 10.2 Å². The van der Waals surface area contributed by atoms with Crippen LogP contribution in [0.1, 0.15) is 32.6 Å². The Labute approximate surface area is 158 Å². The lowest BCUT2D eigenvalue weighted by Crippen LogP contribution is -2.34. The van der Waals surface area contributed by atoms with Crippen LogP contribution >= 0.6 is 0 Å². The molecule has 2 rings (SSSR count). The number of hydrogen-bond acceptors (Lipinski definition) is 4. The van der Waals surface area contributed by atoms with Crippen molar-refractivity contribution in [3.63, 3.8) is 0 Å². The van der Waals surface area contributed by atoms with Crippen LogP contribution in [0.2, 0.25) is 0 Å². The highest BCUT2D eigenvalue weighted by atomic mass is 16.5. The summed E-state index contributed by atoms with van der Waals surface area (Å²) < 4.78 is 10.6. The number of methoxy groups -OCH3 is 2. The highest BCUT2D eigenvalue weighted by Crippen LogP contribution is 2.29. The number of benzene rings is 1. The van der Waals surface area contributed by atoms with E-state index in [1.165, 1.54) is 38.9 Å². The molecule has 2 N–H and O–H groups in total. The number of aliphatic imine (C=N–C) groups is 1. The van der Waals surface area contributed by atoms with Gasteiger partial charge in [0.25, 0.3) is 0 Å². The molecule has 0 amide bonds. The molecule has 0 spiro atoms. The summed E-state index contributed by atoms with van der Waals surface area (Å²) in [5.41, 5.74) is 0.915. The normalized spacial score (nSPS) is 16.4. The lowest BCUT2D eigenvalue weighted by Gasteiger charge is -2.30. The van der Waals surface area contributed by atoms with Crippen LogP contribution in [0, 0.1) is 5.92 Å². The minimum atomic E-state index is 0.698. The number of nitrogens with zero attached hydrogens (tertiary/aromatic N) is 2. The molecule has 1 saturated heterocycles. The van der Waals surface area contributed by atoms with Gasteiger partial charge >= 0.3 is 0 Å². The molecule has 0 saturated carbocycles. The Morgan fingerprint density at radius 3 is 2.54 bits per heavy atom. The molecule has 1 aliphatic rings. The lowest BCUT2D eigenvalue weighted by atomic mass is 9.99. The first-order valence-corrected chi connectivity index (χ1v) is 9.58. The summed E-state index contributed by atoms with van der Waals surface area (Å²) in [6, 6.07) is 5.74. The van der Waals surface area contributed by atoms with Crippen molar-refractivity contribution in [3.8, 4) is 11.5 Å². The van der Waals surface area contributed by atoms with Crippen molar-refractivity contribution in [2.75, 3.05) is 52.8 Å². The maximum absolute atomic E-state index is 5.34. The van der Waals surface area contributed by atoms with Crippen LogP contribution in [0.4, 0.5) is 5.69 Å². The van der Waals surface area contributed by atoms with Gasteiger partial charge in [0, 0.05) is 25.3 Å². The van der Waals surface area contributed by atoms with Crippen LogP contribution in [0.15, 0.2) is 23.2 Å². The number of unbranched alkanes of at least 4 members (excludes halogenated alkanes) is 1. The van der Waals surface area contributed by atoms with Crippen molar-refractivity contribution in [1.29, 1.82) is 0 Å². The predicted octanol–water partition coefficient (Wildman–Crippen LogP) is 3.20. The highest BCUT2D eigenvalue weighted by molar-refractivity contribution is 5.93. The molecule has 0 aromatic heterocycles. The number of piperidine rings is 1. The van der Waals surface area contributed by atoms with Gasteiger partial charge in [-0.2, -0.15) is 0 Å². The van der Waals surface area contributed by atoms with Crippen molar-refractivity contribution < 1.29 is 9.47 Å². The maximum Gasteiger partial charge on any atom is 0.195 e. The van der Waals surface area contributed by atoms with Crippen LogP contribution in [0.5, 0.6) is 11.5 Å². The van der Waals surface area contributed by atoms with Crippen LogP contribution in [-0.4, -0.2) is 58.3 Å². The van der Waals surface area contributed by atoms with Gasteiger partial charge in [-0.25, -0.2) is 0 Å². The quantitative estimate of drug-likeness (QED) is 0.422. The van der Waals surface area contributed by atoms with E-state index in [4.69, 9.17) is 9.47 Å². The van der Waals surface area contributed by atoms with Crippen LogP contribution in [0.3, 0.4) is 0 Å². The Bertz CT molecular complexity index is 569. The Morgan fingerprint density at radius 1 is 1.15 bits per heavy atom. The standard InChI is InChI=1S/C20H34N4O2/c1-16-9-13-24(14-10-16)12-6-5-11-22-20(21-2)23-17-7-8-18(25-3)19(15-17)26-4/h7-8,15-16H,5-6,9-14H2,1-4H3,(H2,21,22,23). The van der Waals surface area contributed by atoms with Crippen molar-refractivity contribution in [3.05, 3.63) is 18.2 Å². The second-order valence-electron chi connectivity index (χ2n) is 6.93. The summed E-state index contributed by atoms with van der Waals surface area (Å²) in [5.74, 6) is 3.08. The first-order valence-electron chi connectivity index (χ1n) is 9.58. The van der Waals surface area contributed by atoms with Gasteiger partial charge in [0.05, 0.1) is 14.2 Å². The Hall–Kier alpha value is -1.95. The molecule has 0 atom stereocenters. The van der Waals surface area contributed by atoms with E-state index in [1.54, 1.807) is 21.3 Å². The zero-order valence-electron chi connectivity index (χ0n) is 16.7. The number of guanidine groups is 1. The van der Waals surface area contributed by atoms with Gasteiger partial charge in [-0.3, -0.25) is 4.99 Å². The van der Waals surface area contributed by atoms with Crippen molar-refractivity contribution in [2.45, 2.75) is 32.6 Å². The molecule has 1 aromatic rings. The number of nitrogens with one attached hydrogen (secondary N) is 2. The van der Waals surface area contributed by atoms with Crippen LogP contribution in [-0.2, 0) is 0 Å². The van der Waals surface area contributed by atoms with E-state index in [9.17, 15) is 0 Å². The second-order valence-corrected chi connectivity index (χ2v) is 6.93. The molecule has 146 valence electrons. The van der Waals surface area contributed by atoms with Gasteiger partial charge in [-0.15, -0.1) is 0 Å². The molecule has 6 nitrogen and oxygen atoms in total. The van der Waals surface area contributed by atoms with Gasteiger partial charge in [-0.05, 0) is 63.4 Å². The molecule has 0 bridgehead atoms. The molecule has 0 unspecified atom stereocenters. The summed E-state index contributed by atoms with van der Waals surface area (Å²) in [7, 11) is 5.05. The predicted molar refractivity (Wildman–Crippen MR) is 109 cm³/mol. The average molecular weight is 363 g/mol. The molecular formula is C20H34N4O2. The Balaban J connectivity index is 1.69. The van der Waals surface area contributed by atoms with E-state index in [2.05, 4.69) is 27.4 Å². The summed E-state index contributed by atoms with van der Waals surface area (Å²) in [6.45, 7) is 7.00. The second kappa shape index (κ2) is 10.9. The Morgan fingerprint density at radius 2 is 1.88 bits per heavy atom. The van der Waals surface area contributed by atoms with Gasteiger partial charge in [0.15, 0.2) is 17.5 Å². The SMILES string of the molecule is CN=C(NCCCCN1CCC(C)CC1)Nc1ccc(OC)c(OC)c1. The fraction of sp³-hybridized carbons (Fsp3) is 0.650. The number of anilines is 1. The third kappa shape index (κ3) is 6.41. The van der Waals surface area contributed by atoms with Gasteiger partial charge in [0.1, 0.15) is 0 Å². The molecular weight excluding hydrogens is 328 g/mol. The molecule has 1 aromatic carbocycles. The smallest absolute Gasteiger partial charge is 0.195 e. The summed E-state index contributed by atoms with van der Waals surface area (Å²) in [6.07, 6.45) is 5.05. The van der Waals surface area contributed by atoms with Gasteiger partial charge in [-0.1, -0.05) is 6.92 Å². The van der Waals surface area contributed by atoms with E-state index >= 15 is 0 Å². The largest absolute Gasteiger partial charge is 0.493 e. The highest BCUT2D eigenvalue weighted by Gasteiger charge is 2.14. The molecule has 1 fully saturated rings. The fourth-order valence-electron chi connectivity index (χ4n) is 3.18. The van der Waals surface area contributed by atoms with E-state index in [0.717, 1.165) is 30.5 Å². The van der Waals surface area contributed by atoms with E-state index in [1.807, 2.05) is 18.2 Å². The molecule has 1 aliphatic heterocycles. The van der Waals surface area contributed by atoms with Gasteiger partial charge in [0.2, 0.25) is 0 Å². The molecule has 0 radical (unpaired) electrons. The zero-order chi connectivity index (χ0) is 18.8. The minimum Gasteiger partial charge on any atom is -0.493 e. The molecule has 1 heterocycles. The van der Waals surface area contributed by atoms with E-state index in [-0.39, 0.29) is 0 Å². The lowest BCUT2D eigenvalue weighted by molar-refractivity contribution is 0.189. The number of rotatable bonds is 8. The molecule has 26 heavy (non-hydrogen) atoms. The molecule has 6 heteroatoms.